The van der Waals surface area contributed by atoms with Crippen molar-refractivity contribution < 1.29 is 5.11 Å². The molecule has 0 bridgehead atoms. The minimum Gasteiger partial charge on any atom is -0.374 e. The van der Waals surface area contributed by atoms with E-state index >= 15 is 0 Å². The number of hydrogen-bond donors (Lipinski definition) is 1. The normalized spacial score (nSPS) is 22.2. The minimum absolute atomic E-state index is 0.480. The van der Waals surface area contributed by atoms with Gasteiger partial charge in [-0.05, 0) is 43.2 Å². The topological polar surface area (TPSA) is 40.8 Å². The molecule has 2 fully saturated rings. The third-order valence-corrected chi connectivity index (χ3v) is 4.68. The summed E-state index contributed by atoms with van der Waals surface area (Å²) in [6.07, 6.45) is 11.5. The monoisotopic (exact) mass is 271 g/mol. The third-order valence-electron chi connectivity index (χ3n) is 4.68. The van der Waals surface area contributed by atoms with Crippen LogP contribution in [0.15, 0.2) is 24.8 Å². The van der Waals surface area contributed by atoms with Crippen LogP contribution in [0.1, 0.15) is 55.4 Å². The summed E-state index contributed by atoms with van der Waals surface area (Å²) in [4.78, 5) is 6.46. The van der Waals surface area contributed by atoms with Crippen LogP contribution in [0.3, 0.4) is 0 Å². The summed E-state index contributed by atoms with van der Waals surface area (Å²) in [5.41, 5.74) is 3.48. The van der Waals surface area contributed by atoms with Crippen molar-refractivity contribution in [1.29, 1.82) is 0 Å². The smallest absolute Gasteiger partial charge is 0.135 e. The molecular weight excluding hydrogens is 250 g/mol. The van der Waals surface area contributed by atoms with Gasteiger partial charge in [0.15, 0.2) is 0 Å². The van der Waals surface area contributed by atoms with Crippen molar-refractivity contribution in [3.63, 3.8) is 0 Å². The predicted molar refractivity (Wildman–Crippen MR) is 77.6 cm³/mol. The molecule has 0 amide bonds. The summed E-state index contributed by atoms with van der Waals surface area (Å²) in [5.74, 6) is 0.643. The van der Waals surface area contributed by atoms with E-state index < -0.39 is 6.23 Å². The van der Waals surface area contributed by atoms with Crippen LogP contribution in [-0.2, 0) is 0 Å². The first-order valence-electron chi connectivity index (χ1n) is 7.71. The maximum Gasteiger partial charge on any atom is 0.135 e. The summed E-state index contributed by atoms with van der Waals surface area (Å²) in [6.45, 7) is 2.00. The molecule has 0 radical (unpaired) electrons. The number of imidazole rings is 1. The van der Waals surface area contributed by atoms with E-state index in [-0.39, 0.29) is 0 Å². The molecule has 2 aliphatic rings. The van der Waals surface area contributed by atoms with Crippen LogP contribution in [0.25, 0.3) is 5.52 Å². The molecule has 4 nitrogen and oxygen atoms in total. The molecule has 20 heavy (non-hydrogen) atoms. The van der Waals surface area contributed by atoms with Gasteiger partial charge in [0.25, 0.3) is 0 Å². The number of piperidine rings is 1. The lowest BCUT2D eigenvalue weighted by Gasteiger charge is -2.32. The number of hydrogen-bond acceptors (Lipinski definition) is 3. The average molecular weight is 271 g/mol. The van der Waals surface area contributed by atoms with Crippen molar-refractivity contribution in [2.45, 2.75) is 44.2 Å². The highest BCUT2D eigenvalue weighted by Crippen LogP contribution is 2.44. The van der Waals surface area contributed by atoms with E-state index in [0.29, 0.717) is 5.92 Å². The Morgan fingerprint density at radius 2 is 2.00 bits per heavy atom. The number of likely N-dealkylation sites (tertiary alicyclic amines) is 1. The Morgan fingerprint density at radius 1 is 1.20 bits per heavy atom. The quantitative estimate of drug-likeness (QED) is 0.933. The molecule has 2 aromatic rings. The van der Waals surface area contributed by atoms with Gasteiger partial charge in [-0.3, -0.25) is 4.90 Å². The van der Waals surface area contributed by atoms with Crippen molar-refractivity contribution in [2.75, 3.05) is 13.1 Å². The fourth-order valence-electron chi connectivity index (χ4n) is 3.41. The predicted octanol–water partition coefficient (Wildman–Crippen LogP) is 2.69. The first-order valence-corrected chi connectivity index (χ1v) is 7.71. The Morgan fingerprint density at radius 3 is 2.75 bits per heavy atom. The standard InChI is InChI=1S/C16H21N3O/c20-16(18-7-2-1-3-8-18)15-13(12-4-5-12)6-9-19-11-17-10-14(15)19/h6,9-12,16,20H,1-5,7-8H2. The Bertz CT molecular complexity index is 611. The fraction of sp³-hybridized carbons (Fsp3) is 0.562. The lowest BCUT2D eigenvalue weighted by molar-refractivity contribution is -0.00959. The van der Waals surface area contributed by atoms with E-state index in [1.165, 1.54) is 37.7 Å². The number of aliphatic hydroxyl groups excluding tert-OH is 1. The van der Waals surface area contributed by atoms with E-state index in [1.807, 2.05) is 16.9 Å². The number of aliphatic hydroxyl groups is 1. The summed E-state index contributed by atoms with van der Waals surface area (Å²) < 4.78 is 2.02. The zero-order valence-electron chi connectivity index (χ0n) is 11.7. The number of nitrogens with zero attached hydrogens (tertiary/aromatic N) is 3. The lowest BCUT2D eigenvalue weighted by Crippen LogP contribution is -2.34. The SMILES string of the molecule is OC(c1c(C2CC2)ccn2cncc12)N1CCCCC1. The van der Waals surface area contributed by atoms with Gasteiger partial charge in [0.05, 0.1) is 18.0 Å². The minimum atomic E-state index is -0.480. The van der Waals surface area contributed by atoms with E-state index in [9.17, 15) is 5.11 Å². The fourth-order valence-corrected chi connectivity index (χ4v) is 3.41. The second-order valence-corrected chi connectivity index (χ2v) is 6.12. The molecule has 1 aliphatic carbocycles. The molecule has 1 aliphatic heterocycles. The molecule has 1 saturated carbocycles. The molecule has 4 heteroatoms. The Balaban J connectivity index is 1.79. The highest BCUT2D eigenvalue weighted by molar-refractivity contribution is 5.59. The second-order valence-electron chi connectivity index (χ2n) is 6.12. The second kappa shape index (κ2) is 4.86. The average Bonchev–Trinajstić information content (AvgIpc) is 3.23. The van der Waals surface area contributed by atoms with Crippen LogP contribution in [0.5, 0.6) is 0 Å². The summed E-state index contributed by atoms with van der Waals surface area (Å²) >= 11 is 0. The van der Waals surface area contributed by atoms with Gasteiger partial charge >= 0.3 is 0 Å². The Labute approximate surface area is 119 Å². The summed E-state index contributed by atoms with van der Waals surface area (Å²) in [5, 5.41) is 10.9. The molecule has 0 aromatic carbocycles. The van der Waals surface area contributed by atoms with Gasteiger partial charge in [-0.15, -0.1) is 0 Å². The van der Waals surface area contributed by atoms with Gasteiger partial charge in [0.2, 0.25) is 0 Å². The van der Waals surface area contributed by atoms with Crippen molar-refractivity contribution in [3.8, 4) is 0 Å². The van der Waals surface area contributed by atoms with Gasteiger partial charge in [0, 0.05) is 24.8 Å². The van der Waals surface area contributed by atoms with Crippen molar-refractivity contribution in [2.24, 2.45) is 0 Å². The van der Waals surface area contributed by atoms with Crippen molar-refractivity contribution >= 4 is 5.52 Å². The molecule has 4 rings (SSSR count). The maximum atomic E-state index is 10.9. The van der Waals surface area contributed by atoms with Crippen LogP contribution in [0.2, 0.25) is 0 Å². The highest BCUT2D eigenvalue weighted by Gasteiger charge is 2.31. The van der Waals surface area contributed by atoms with E-state index in [1.54, 1.807) is 0 Å². The van der Waals surface area contributed by atoms with Gasteiger partial charge in [-0.2, -0.15) is 0 Å². The molecule has 3 heterocycles. The van der Waals surface area contributed by atoms with E-state index in [2.05, 4.69) is 22.1 Å². The van der Waals surface area contributed by atoms with Crippen molar-refractivity contribution in [1.82, 2.24) is 14.3 Å². The molecule has 1 unspecified atom stereocenters. The first-order chi connectivity index (χ1) is 9.84. The molecular formula is C16H21N3O. The Hall–Kier alpha value is -1.39. The third kappa shape index (κ3) is 2.03. The molecule has 106 valence electrons. The Kier molecular flexibility index (Phi) is 3.00. The maximum absolute atomic E-state index is 10.9. The zero-order chi connectivity index (χ0) is 13.5. The van der Waals surface area contributed by atoms with Gasteiger partial charge in [-0.25, -0.2) is 4.98 Å². The van der Waals surface area contributed by atoms with Crippen LogP contribution in [0, 0.1) is 0 Å². The lowest BCUT2D eigenvalue weighted by atomic mass is 10.0. The summed E-state index contributed by atoms with van der Waals surface area (Å²) in [7, 11) is 0. The number of aromatic nitrogens is 2. The number of rotatable bonds is 3. The van der Waals surface area contributed by atoms with E-state index in [4.69, 9.17) is 0 Å². The van der Waals surface area contributed by atoms with Gasteiger partial charge in [0.1, 0.15) is 6.23 Å². The van der Waals surface area contributed by atoms with Gasteiger partial charge in [-0.1, -0.05) is 6.42 Å². The molecule has 0 spiro atoms. The van der Waals surface area contributed by atoms with Crippen molar-refractivity contribution in [3.05, 3.63) is 35.9 Å². The molecule has 1 N–H and O–H groups in total. The van der Waals surface area contributed by atoms with Crippen LogP contribution in [0.4, 0.5) is 0 Å². The zero-order valence-corrected chi connectivity index (χ0v) is 11.7. The number of pyridine rings is 1. The van der Waals surface area contributed by atoms with E-state index in [0.717, 1.165) is 24.2 Å². The number of fused-ring (bicyclic) bond motifs is 1. The highest BCUT2D eigenvalue weighted by atomic mass is 16.3. The summed E-state index contributed by atoms with van der Waals surface area (Å²) in [6, 6.07) is 2.18. The largest absolute Gasteiger partial charge is 0.374 e. The van der Waals surface area contributed by atoms with Crippen LogP contribution >= 0.6 is 0 Å². The molecule has 1 atom stereocenters. The first kappa shape index (κ1) is 12.4. The van der Waals surface area contributed by atoms with Crippen LogP contribution < -0.4 is 0 Å². The van der Waals surface area contributed by atoms with Gasteiger partial charge < -0.3 is 9.51 Å². The molecule has 1 saturated heterocycles. The molecule has 2 aromatic heterocycles. The van der Waals surface area contributed by atoms with Crippen LogP contribution in [-0.4, -0.2) is 32.5 Å².